The highest BCUT2D eigenvalue weighted by Crippen LogP contribution is 2.15. The van der Waals surface area contributed by atoms with Crippen LogP contribution in [0.1, 0.15) is 297 Å². The molecule has 0 heterocycles. The number of hydrogen-bond acceptors (Lipinski definition) is 6. The van der Waals surface area contributed by atoms with Crippen LogP contribution in [0.15, 0.2) is 97.2 Å². The molecule has 6 nitrogen and oxygen atoms in total. The molecule has 0 aliphatic carbocycles. The van der Waals surface area contributed by atoms with Crippen molar-refractivity contribution in [3.8, 4) is 0 Å². The zero-order valence-corrected chi connectivity index (χ0v) is 48.6. The van der Waals surface area contributed by atoms with Gasteiger partial charge in [0.15, 0.2) is 6.10 Å². The Kier molecular flexibility index (Phi) is 58.8. The van der Waals surface area contributed by atoms with Gasteiger partial charge < -0.3 is 14.2 Å². The van der Waals surface area contributed by atoms with E-state index < -0.39 is 6.10 Å². The van der Waals surface area contributed by atoms with Crippen molar-refractivity contribution in [3.05, 3.63) is 97.2 Å². The average Bonchev–Trinajstić information content (AvgIpc) is 3.40. The maximum absolute atomic E-state index is 12.9. The molecule has 0 bridgehead atoms. The van der Waals surface area contributed by atoms with Gasteiger partial charge >= 0.3 is 17.9 Å². The molecule has 0 radical (unpaired) electrons. The minimum absolute atomic E-state index is 0.0910. The average molecular weight is 1030 g/mol. The lowest BCUT2D eigenvalue weighted by Gasteiger charge is -2.18. The molecule has 0 fully saturated rings. The number of esters is 3. The van der Waals surface area contributed by atoms with Gasteiger partial charge in [-0.3, -0.25) is 14.4 Å². The Morgan fingerprint density at radius 1 is 0.284 bits per heavy atom. The standard InChI is InChI=1S/C68H116O6/c1-4-7-10-13-16-19-22-25-28-31-33-34-35-38-40-43-46-49-52-55-58-61-67(70)73-64-65(63-72-66(69)60-57-54-51-48-45-42-39-36-30-27-24-21-18-15-12-9-6-3)74-68(71)62-59-56-53-50-47-44-41-37-32-29-26-23-20-17-14-11-8-5-2/h9,12,18,20-23,25,27,29-33,39,42,65H,4-8,10-11,13-17,19,24,26,28,34-38,40-41,43-64H2,1-3H3/b12-9-,21-18-,23-20-,25-22-,30-27-,32-29-,33-31-,42-39-. The van der Waals surface area contributed by atoms with Crippen molar-refractivity contribution < 1.29 is 28.6 Å². The molecule has 0 aliphatic rings. The van der Waals surface area contributed by atoms with Gasteiger partial charge in [0.05, 0.1) is 0 Å². The van der Waals surface area contributed by atoms with E-state index in [2.05, 4.69) is 118 Å². The second-order valence-corrected chi connectivity index (χ2v) is 20.6. The highest BCUT2D eigenvalue weighted by molar-refractivity contribution is 5.71. The van der Waals surface area contributed by atoms with Gasteiger partial charge in [-0.15, -0.1) is 0 Å². The Hall–Kier alpha value is -3.67. The first-order valence-electron chi connectivity index (χ1n) is 31.2. The van der Waals surface area contributed by atoms with E-state index in [-0.39, 0.29) is 31.1 Å². The van der Waals surface area contributed by atoms with Gasteiger partial charge in [-0.05, 0) is 122 Å². The SMILES string of the molecule is CC/C=C\C/C=C\C/C=C\C/C=C\CCCCCCC(=O)OCC(COC(=O)CCCCCCCCCCC/C=C\C/C=C\CCCCCCC)OC(=O)CCCCCCCCC/C=C\C/C=C\CCCCCC. The topological polar surface area (TPSA) is 78.9 Å². The number of carbonyl (C=O) groups excluding carboxylic acids is 3. The van der Waals surface area contributed by atoms with Gasteiger partial charge in [-0.2, -0.15) is 0 Å². The summed E-state index contributed by atoms with van der Waals surface area (Å²) in [5.74, 6) is -0.919. The first kappa shape index (κ1) is 70.3. The summed E-state index contributed by atoms with van der Waals surface area (Å²) in [6.07, 6.45) is 82.6. The summed E-state index contributed by atoms with van der Waals surface area (Å²) in [5, 5.41) is 0. The summed E-state index contributed by atoms with van der Waals surface area (Å²) in [6, 6.07) is 0. The van der Waals surface area contributed by atoms with Gasteiger partial charge in [0.1, 0.15) is 13.2 Å². The van der Waals surface area contributed by atoms with Crippen molar-refractivity contribution >= 4 is 17.9 Å². The third kappa shape index (κ3) is 59.2. The number of allylic oxidation sites excluding steroid dienone is 16. The largest absolute Gasteiger partial charge is 0.462 e. The van der Waals surface area contributed by atoms with Crippen LogP contribution >= 0.6 is 0 Å². The zero-order valence-electron chi connectivity index (χ0n) is 48.6. The van der Waals surface area contributed by atoms with Crippen LogP contribution in [-0.4, -0.2) is 37.2 Å². The lowest BCUT2D eigenvalue weighted by molar-refractivity contribution is -0.167. The van der Waals surface area contributed by atoms with E-state index >= 15 is 0 Å². The highest BCUT2D eigenvalue weighted by atomic mass is 16.6. The van der Waals surface area contributed by atoms with Crippen molar-refractivity contribution in [2.24, 2.45) is 0 Å². The monoisotopic (exact) mass is 1030 g/mol. The summed E-state index contributed by atoms with van der Waals surface area (Å²) < 4.78 is 16.9. The molecule has 0 N–H and O–H groups in total. The number of unbranched alkanes of at least 4 members (excludes halogenated alkanes) is 29. The van der Waals surface area contributed by atoms with Crippen molar-refractivity contribution in [3.63, 3.8) is 0 Å². The van der Waals surface area contributed by atoms with Crippen LogP contribution in [0.2, 0.25) is 0 Å². The molecule has 0 aliphatic heterocycles. The second kappa shape index (κ2) is 61.9. The molecule has 0 saturated carbocycles. The molecule has 6 heteroatoms. The molecule has 0 amide bonds. The quantitative estimate of drug-likeness (QED) is 0.0261. The van der Waals surface area contributed by atoms with E-state index in [0.29, 0.717) is 19.3 Å². The van der Waals surface area contributed by atoms with Crippen molar-refractivity contribution in [2.45, 2.75) is 303 Å². The predicted octanol–water partition coefficient (Wildman–Crippen LogP) is 21.3. The van der Waals surface area contributed by atoms with Gasteiger partial charge in [0, 0.05) is 19.3 Å². The molecule has 0 rings (SSSR count). The van der Waals surface area contributed by atoms with E-state index in [9.17, 15) is 14.4 Å². The molecular formula is C68H116O6. The van der Waals surface area contributed by atoms with Crippen LogP contribution in [0.25, 0.3) is 0 Å². The second-order valence-electron chi connectivity index (χ2n) is 20.6. The molecular weight excluding hydrogens is 913 g/mol. The molecule has 0 aromatic rings. The van der Waals surface area contributed by atoms with Gasteiger partial charge in [-0.25, -0.2) is 0 Å². The Bertz CT molecular complexity index is 1460. The molecule has 0 saturated heterocycles. The number of carbonyl (C=O) groups is 3. The van der Waals surface area contributed by atoms with Crippen LogP contribution in [0, 0.1) is 0 Å². The van der Waals surface area contributed by atoms with E-state index in [0.717, 1.165) is 116 Å². The van der Waals surface area contributed by atoms with Gasteiger partial charge in [-0.1, -0.05) is 253 Å². The minimum atomic E-state index is -0.796. The summed E-state index contributed by atoms with van der Waals surface area (Å²) in [7, 11) is 0. The van der Waals surface area contributed by atoms with E-state index in [1.165, 1.54) is 141 Å². The van der Waals surface area contributed by atoms with Crippen molar-refractivity contribution in [1.82, 2.24) is 0 Å². The smallest absolute Gasteiger partial charge is 0.306 e. The summed E-state index contributed by atoms with van der Waals surface area (Å²) in [5.41, 5.74) is 0. The lowest BCUT2D eigenvalue weighted by atomic mass is 10.1. The molecule has 74 heavy (non-hydrogen) atoms. The fraction of sp³-hybridized carbons (Fsp3) is 0.721. The normalized spacial score (nSPS) is 12.7. The number of hydrogen-bond donors (Lipinski definition) is 0. The van der Waals surface area contributed by atoms with Crippen LogP contribution in [-0.2, 0) is 28.6 Å². The first-order valence-corrected chi connectivity index (χ1v) is 31.2. The van der Waals surface area contributed by atoms with Crippen LogP contribution in [0.5, 0.6) is 0 Å². The zero-order chi connectivity index (χ0) is 53.6. The minimum Gasteiger partial charge on any atom is -0.462 e. The Labute approximate surface area is 457 Å². The third-order valence-corrected chi connectivity index (χ3v) is 13.3. The Morgan fingerprint density at radius 3 is 0.838 bits per heavy atom. The number of ether oxygens (including phenoxy) is 3. The van der Waals surface area contributed by atoms with Gasteiger partial charge in [0.25, 0.3) is 0 Å². The lowest BCUT2D eigenvalue weighted by Crippen LogP contribution is -2.30. The van der Waals surface area contributed by atoms with E-state index in [1.807, 2.05) is 0 Å². The maximum atomic E-state index is 12.9. The summed E-state index contributed by atoms with van der Waals surface area (Å²) >= 11 is 0. The molecule has 1 atom stereocenters. The van der Waals surface area contributed by atoms with E-state index in [1.54, 1.807) is 0 Å². The molecule has 424 valence electrons. The molecule has 0 aromatic carbocycles. The van der Waals surface area contributed by atoms with Crippen molar-refractivity contribution in [2.75, 3.05) is 13.2 Å². The fourth-order valence-electron chi connectivity index (χ4n) is 8.61. The van der Waals surface area contributed by atoms with Crippen LogP contribution < -0.4 is 0 Å². The highest BCUT2D eigenvalue weighted by Gasteiger charge is 2.19. The predicted molar refractivity (Wildman–Crippen MR) is 320 cm³/mol. The van der Waals surface area contributed by atoms with Crippen LogP contribution in [0.3, 0.4) is 0 Å². The summed E-state index contributed by atoms with van der Waals surface area (Å²) in [6.45, 7) is 6.49. The maximum Gasteiger partial charge on any atom is 0.306 e. The van der Waals surface area contributed by atoms with E-state index in [4.69, 9.17) is 14.2 Å². The fourth-order valence-corrected chi connectivity index (χ4v) is 8.61. The summed E-state index contributed by atoms with van der Waals surface area (Å²) in [4.78, 5) is 38.3. The third-order valence-electron chi connectivity index (χ3n) is 13.3. The molecule has 1 unspecified atom stereocenters. The first-order chi connectivity index (χ1) is 36.5. The number of rotatable bonds is 56. The Balaban J connectivity index is 4.43. The van der Waals surface area contributed by atoms with Crippen LogP contribution in [0.4, 0.5) is 0 Å². The molecule has 0 spiro atoms. The van der Waals surface area contributed by atoms with Gasteiger partial charge in [0.2, 0.25) is 0 Å². The molecule has 0 aromatic heterocycles. The van der Waals surface area contributed by atoms with Crippen molar-refractivity contribution in [1.29, 1.82) is 0 Å². The Morgan fingerprint density at radius 2 is 0.527 bits per heavy atom.